The quantitative estimate of drug-likeness (QED) is 0.628. The molecule has 1 aromatic carbocycles. The van der Waals surface area contributed by atoms with Crippen LogP contribution in [0.4, 0.5) is 0 Å². The topological polar surface area (TPSA) is 64.4 Å². The number of fused-ring (bicyclic) bond motifs is 1. The van der Waals surface area contributed by atoms with Crippen molar-refractivity contribution >= 4 is 34.1 Å². The van der Waals surface area contributed by atoms with Crippen molar-refractivity contribution in [1.29, 1.82) is 0 Å². The Morgan fingerprint density at radius 3 is 2.71 bits per heavy atom. The van der Waals surface area contributed by atoms with Crippen LogP contribution in [0.25, 0.3) is 21.6 Å². The molecule has 1 fully saturated rings. The summed E-state index contributed by atoms with van der Waals surface area (Å²) in [6.07, 6.45) is 1.28. The minimum absolute atomic E-state index is 0.0648. The number of aromatic nitrogens is 2. The highest BCUT2D eigenvalue weighted by Crippen LogP contribution is 2.31. The Bertz CT molecular complexity index is 1020. The molecule has 0 bridgehead atoms. The van der Waals surface area contributed by atoms with E-state index in [1.807, 2.05) is 17.5 Å². The fraction of sp³-hybridized carbons (Fsp3) is 0.381. The minimum Gasteiger partial charge on any atom is -0.469 e. The summed E-state index contributed by atoms with van der Waals surface area (Å²) in [7, 11) is 1.41. The second-order valence-electron chi connectivity index (χ2n) is 6.96. The van der Waals surface area contributed by atoms with Crippen LogP contribution in [-0.2, 0) is 16.1 Å². The molecular formula is C21H23N3O3S. The number of rotatable bonds is 4. The van der Waals surface area contributed by atoms with E-state index in [1.165, 1.54) is 29.3 Å². The molecule has 1 saturated heterocycles. The van der Waals surface area contributed by atoms with Crippen molar-refractivity contribution in [3.05, 3.63) is 41.4 Å². The number of piperidine rings is 1. The minimum atomic E-state index is -0.185. The lowest BCUT2D eigenvalue weighted by molar-refractivity contribution is -0.146. The summed E-state index contributed by atoms with van der Waals surface area (Å²) in [5.41, 5.74) is 2.69. The van der Waals surface area contributed by atoms with Crippen LogP contribution in [0.2, 0.25) is 0 Å². The molecule has 146 valence electrons. The molecule has 28 heavy (non-hydrogen) atoms. The predicted octanol–water partition coefficient (Wildman–Crippen LogP) is 3.81. The third-order valence-corrected chi connectivity index (χ3v) is 6.25. The van der Waals surface area contributed by atoms with Gasteiger partial charge in [-0.25, -0.2) is 4.98 Å². The highest BCUT2D eigenvalue weighted by Gasteiger charge is 2.29. The fourth-order valence-electron chi connectivity index (χ4n) is 3.86. The number of ether oxygens (including phenoxy) is 1. The molecule has 0 radical (unpaired) electrons. The number of benzene rings is 1. The van der Waals surface area contributed by atoms with E-state index in [0.717, 1.165) is 17.2 Å². The molecular weight excluding hydrogens is 374 g/mol. The first kappa shape index (κ1) is 18.7. The van der Waals surface area contributed by atoms with Crippen LogP contribution in [0.5, 0.6) is 0 Å². The summed E-state index contributed by atoms with van der Waals surface area (Å²) in [4.78, 5) is 31.0. The molecule has 1 aliphatic heterocycles. The predicted molar refractivity (Wildman–Crippen MR) is 109 cm³/mol. The Kier molecular flexibility index (Phi) is 5.17. The first-order valence-electron chi connectivity index (χ1n) is 9.53. The average Bonchev–Trinajstić information content (AvgIpc) is 3.37. The lowest BCUT2D eigenvalue weighted by Gasteiger charge is -2.30. The van der Waals surface area contributed by atoms with E-state index in [4.69, 9.17) is 4.74 Å². The van der Waals surface area contributed by atoms with E-state index >= 15 is 0 Å². The van der Waals surface area contributed by atoms with Crippen molar-refractivity contribution in [1.82, 2.24) is 14.5 Å². The summed E-state index contributed by atoms with van der Waals surface area (Å²) in [5.74, 6) is -0.360. The number of aryl methyl sites for hydroxylation is 1. The zero-order valence-electron chi connectivity index (χ0n) is 16.1. The van der Waals surface area contributed by atoms with Crippen LogP contribution < -0.4 is 0 Å². The van der Waals surface area contributed by atoms with Crippen molar-refractivity contribution in [3.63, 3.8) is 0 Å². The van der Waals surface area contributed by atoms with Gasteiger partial charge in [-0.05, 0) is 31.9 Å². The molecule has 0 saturated carbocycles. The zero-order valence-corrected chi connectivity index (χ0v) is 16.9. The molecule has 4 rings (SSSR count). The van der Waals surface area contributed by atoms with E-state index in [-0.39, 0.29) is 17.8 Å². The van der Waals surface area contributed by atoms with Crippen molar-refractivity contribution < 1.29 is 14.3 Å². The number of esters is 1. The third-order valence-electron chi connectivity index (χ3n) is 5.39. The van der Waals surface area contributed by atoms with E-state index in [1.54, 1.807) is 4.90 Å². The van der Waals surface area contributed by atoms with Crippen LogP contribution in [0, 0.1) is 5.92 Å². The molecule has 7 heteroatoms. The average molecular weight is 398 g/mol. The van der Waals surface area contributed by atoms with Crippen LogP contribution in [-0.4, -0.2) is 46.5 Å². The maximum absolute atomic E-state index is 12.9. The molecule has 0 aliphatic carbocycles. The number of amides is 1. The molecule has 2 aromatic heterocycles. The van der Waals surface area contributed by atoms with Gasteiger partial charge in [0.05, 0.1) is 18.7 Å². The number of hydrogen-bond acceptors (Lipinski definition) is 5. The molecule has 1 aliphatic rings. The largest absolute Gasteiger partial charge is 0.469 e. The number of carbonyl (C=O) groups excluding carboxylic acids is 2. The molecule has 1 amide bonds. The van der Waals surface area contributed by atoms with Crippen molar-refractivity contribution in [2.24, 2.45) is 5.92 Å². The van der Waals surface area contributed by atoms with Gasteiger partial charge in [-0.15, -0.1) is 11.3 Å². The summed E-state index contributed by atoms with van der Waals surface area (Å²) >= 11 is 1.50. The van der Waals surface area contributed by atoms with E-state index in [2.05, 4.69) is 34.7 Å². The number of para-hydroxylation sites is 1. The van der Waals surface area contributed by atoms with Gasteiger partial charge < -0.3 is 14.2 Å². The van der Waals surface area contributed by atoms with Crippen molar-refractivity contribution in [2.45, 2.75) is 26.3 Å². The summed E-state index contributed by atoms with van der Waals surface area (Å²) in [6.45, 7) is 4.06. The lowest BCUT2D eigenvalue weighted by Crippen LogP contribution is -2.40. The molecule has 3 heterocycles. The Labute approximate surface area is 167 Å². The highest BCUT2D eigenvalue weighted by molar-refractivity contribution is 7.13. The molecule has 0 spiro atoms. The van der Waals surface area contributed by atoms with Gasteiger partial charge >= 0.3 is 5.97 Å². The second-order valence-corrected chi connectivity index (χ2v) is 7.82. The van der Waals surface area contributed by atoms with Gasteiger partial charge in [0.2, 0.25) is 0 Å². The number of hydrogen-bond donors (Lipinski definition) is 0. The Morgan fingerprint density at radius 2 is 2.00 bits per heavy atom. The maximum atomic E-state index is 12.9. The smallest absolute Gasteiger partial charge is 0.308 e. The monoisotopic (exact) mass is 397 g/mol. The molecule has 0 unspecified atom stereocenters. The zero-order chi connectivity index (χ0) is 19.7. The number of methoxy groups -OCH3 is 1. The molecule has 6 nitrogen and oxygen atoms in total. The Morgan fingerprint density at radius 1 is 1.25 bits per heavy atom. The van der Waals surface area contributed by atoms with Gasteiger partial charge in [0, 0.05) is 35.9 Å². The van der Waals surface area contributed by atoms with Gasteiger partial charge in [-0.3, -0.25) is 9.59 Å². The van der Waals surface area contributed by atoms with E-state index < -0.39 is 0 Å². The van der Waals surface area contributed by atoms with Gasteiger partial charge in [-0.2, -0.15) is 0 Å². The van der Waals surface area contributed by atoms with Crippen LogP contribution in [0.1, 0.15) is 30.3 Å². The number of likely N-dealkylation sites (tertiary alicyclic amines) is 1. The summed E-state index contributed by atoms with van der Waals surface area (Å²) in [6, 6.07) is 10.4. The van der Waals surface area contributed by atoms with Crippen molar-refractivity contribution in [2.75, 3.05) is 20.2 Å². The fourth-order valence-corrected chi connectivity index (χ4v) is 4.68. The molecule has 0 atom stereocenters. The highest BCUT2D eigenvalue weighted by atomic mass is 32.1. The molecule has 0 N–H and O–H groups in total. The van der Waals surface area contributed by atoms with Crippen LogP contribution >= 0.6 is 11.3 Å². The Balaban J connectivity index is 1.54. The first-order valence-corrected chi connectivity index (χ1v) is 10.4. The number of carbonyl (C=O) groups is 2. The van der Waals surface area contributed by atoms with Crippen LogP contribution in [0.3, 0.4) is 0 Å². The number of nitrogens with zero attached hydrogens (tertiary/aromatic N) is 3. The third kappa shape index (κ3) is 3.30. The summed E-state index contributed by atoms with van der Waals surface area (Å²) in [5, 5.41) is 3.86. The van der Waals surface area contributed by atoms with Crippen molar-refractivity contribution in [3.8, 4) is 10.7 Å². The first-order chi connectivity index (χ1) is 13.6. The SMILES string of the molecule is CCn1c(-c2nc(C(=O)N3CCC(C(=O)OC)CC3)cs2)cc2ccccc21. The lowest BCUT2D eigenvalue weighted by atomic mass is 9.97. The number of thiazole rings is 1. The van der Waals surface area contributed by atoms with Gasteiger partial charge in [0.25, 0.3) is 5.91 Å². The Hall–Kier alpha value is -2.67. The van der Waals surface area contributed by atoms with E-state index in [0.29, 0.717) is 31.6 Å². The van der Waals surface area contributed by atoms with E-state index in [9.17, 15) is 9.59 Å². The normalized spacial score (nSPS) is 15.1. The summed E-state index contributed by atoms with van der Waals surface area (Å²) < 4.78 is 7.04. The molecule has 3 aromatic rings. The van der Waals surface area contributed by atoms with Gasteiger partial charge in [0.15, 0.2) is 0 Å². The van der Waals surface area contributed by atoms with Gasteiger partial charge in [-0.1, -0.05) is 18.2 Å². The second kappa shape index (κ2) is 7.75. The van der Waals surface area contributed by atoms with Gasteiger partial charge in [0.1, 0.15) is 10.7 Å². The maximum Gasteiger partial charge on any atom is 0.308 e. The van der Waals surface area contributed by atoms with Crippen LogP contribution in [0.15, 0.2) is 35.7 Å². The standard InChI is InChI=1S/C21H23N3O3S/c1-3-24-17-7-5-4-6-15(17)12-18(24)19-22-16(13-28-19)20(25)23-10-8-14(9-11-23)21(26)27-2/h4-7,12-14H,3,8-11H2,1-2H3.